The summed E-state index contributed by atoms with van der Waals surface area (Å²) in [4.78, 5) is 4.59. The van der Waals surface area contributed by atoms with E-state index in [0.29, 0.717) is 0 Å². The van der Waals surface area contributed by atoms with Crippen LogP contribution < -0.4 is 0 Å². The molecule has 78 valence electrons. The highest BCUT2D eigenvalue weighted by Crippen LogP contribution is 2.34. The predicted octanol–water partition coefficient (Wildman–Crippen LogP) is 2.51. The number of thiazole rings is 1. The second-order valence-corrected chi connectivity index (χ2v) is 5.38. The highest BCUT2D eigenvalue weighted by Gasteiger charge is 2.18. The summed E-state index contributed by atoms with van der Waals surface area (Å²) < 4.78 is 1.30. The van der Waals surface area contributed by atoms with Crippen LogP contribution in [0.5, 0.6) is 0 Å². The first kappa shape index (κ1) is 9.31. The van der Waals surface area contributed by atoms with Crippen molar-refractivity contribution < 1.29 is 5.11 Å². The molecular weight excluding hydrogens is 206 g/mol. The van der Waals surface area contributed by atoms with E-state index in [-0.39, 0.29) is 6.10 Å². The lowest BCUT2D eigenvalue weighted by molar-refractivity contribution is 0.185. The average molecular weight is 219 g/mol. The van der Waals surface area contributed by atoms with Crippen molar-refractivity contribution in [2.24, 2.45) is 0 Å². The number of hydrogen-bond acceptors (Lipinski definition) is 3. The summed E-state index contributed by atoms with van der Waals surface area (Å²) in [5.41, 5.74) is 4.07. The molecule has 3 heteroatoms. The summed E-state index contributed by atoms with van der Waals surface area (Å²) in [7, 11) is 0. The zero-order valence-corrected chi connectivity index (χ0v) is 9.47. The Morgan fingerprint density at radius 3 is 3.07 bits per heavy atom. The Hall–Kier alpha value is -0.930. The molecule has 3 rings (SSSR count). The molecule has 1 heterocycles. The van der Waals surface area contributed by atoms with Crippen LogP contribution in [0.15, 0.2) is 12.1 Å². The van der Waals surface area contributed by atoms with Crippen molar-refractivity contribution in [2.75, 3.05) is 0 Å². The van der Waals surface area contributed by atoms with Gasteiger partial charge in [-0.25, -0.2) is 4.98 Å². The van der Waals surface area contributed by atoms with Gasteiger partial charge in [0.05, 0.1) is 21.3 Å². The first-order valence-corrected chi connectivity index (χ1v) is 6.13. The van der Waals surface area contributed by atoms with E-state index in [9.17, 15) is 5.11 Å². The molecule has 0 aliphatic heterocycles. The number of benzene rings is 1. The molecule has 0 saturated carbocycles. The quantitative estimate of drug-likeness (QED) is 0.734. The molecule has 0 saturated heterocycles. The average Bonchev–Trinajstić information content (AvgIpc) is 2.81. The van der Waals surface area contributed by atoms with Crippen LogP contribution in [0.4, 0.5) is 0 Å². The number of aromatic nitrogens is 1. The fraction of sp³-hybridized carbons (Fsp3) is 0.417. The predicted molar refractivity (Wildman–Crippen MR) is 62.4 cm³/mol. The van der Waals surface area contributed by atoms with Crippen molar-refractivity contribution in [1.29, 1.82) is 0 Å². The Balaban J connectivity index is 1.88. The van der Waals surface area contributed by atoms with Gasteiger partial charge < -0.3 is 5.11 Å². The van der Waals surface area contributed by atoms with Crippen LogP contribution in [0.3, 0.4) is 0 Å². The number of aryl methyl sites for hydroxylation is 1. The van der Waals surface area contributed by atoms with E-state index in [1.807, 2.05) is 6.92 Å². The minimum atomic E-state index is -0.226. The van der Waals surface area contributed by atoms with Crippen LogP contribution in [-0.4, -0.2) is 16.2 Å². The third-order valence-electron chi connectivity index (χ3n) is 2.79. The number of aliphatic hydroxyl groups excluding tert-OH is 1. The molecule has 0 fully saturated rings. The van der Waals surface area contributed by atoms with E-state index in [0.717, 1.165) is 29.8 Å². The van der Waals surface area contributed by atoms with Crippen molar-refractivity contribution in [3.05, 3.63) is 28.3 Å². The summed E-state index contributed by atoms with van der Waals surface area (Å²) in [5.74, 6) is 0. The molecule has 1 aliphatic rings. The Labute approximate surface area is 92.6 Å². The van der Waals surface area contributed by atoms with E-state index in [4.69, 9.17) is 0 Å². The molecule has 0 spiro atoms. The fourth-order valence-electron chi connectivity index (χ4n) is 1.81. The molecule has 0 amide bonds. The SMILES string of the molecule is CC(O)CCc1nc2cc3c(cc2s1)C3. The standard InChI is InChI=1S/C12H13NOS/c1-7(14)2-3-12-13-10-5-8-4-9(8)6-11(10)15-12/h5-7,14H,2-4H2,1H3. The van der Waals surface area contributed by atoms with Gasteiger partial charge in [-0.1, -0.05) is 0 Å². The summed E-state index contributed by atoms with van der Waals surface area (Å²) >= 11 is 1.76. The lowest BCUT2D eigenvalue weighted by Gasteiger charge is -1.99. The van der Waals surface area contributed by atoms with E-state index in [1.54, 1.807) is 11.3 Å². The van der Waals surface area contributed by atoms with Crippen molar-refractivity contribution in [1.82, 2.24) is 4.98 Å². The molecule has 1 aliphatic carbocycles. The number of aliphatic hydroxyl groups is 1. The summed E-state index contributed by atoms with van der Waals surface area (Å²) in [5, 5.41) is 10.4. The van der Waals surface area contributed by atoms with Gasteiger partial charge in [0.2, 0.25) is 0 Å². The lowest BCUT2D eigenvalue weighted by Crippen LogP contribution is -2.00. The monoisotopic (exact) mass is 219 g/mol. The van der Waals surface area contributed by atoms with Gasteiger partial charge in [0.15, 0.2) is 0 Å². The van der Waals surface area contributed by atoms with Crippen molar-refractivity contribution >= 4 is 21.6 Å². The van der Waals surface area contributed by atoms with Gasteiger partial charge in [-0.3, -0.25) is 0 Å². The van der Waals surface area contributed by atoms with E-state index in [2.05, 4.69) is 17.1 Å². The topological polar surface area (TPSA) is 33.1 Å². The zero-order valence-electron chi connectivity index (χ0n) is 8.66. The smallest absolute Gasteiger partial charge is 0.0939 e. The van der Waals surface area contributed by atoms with Crippen molar-refractivity contribution in [3.63, 3.8) is 0 Å². The second kappa shape index (κ2) is 3.29. The Bertz CT molecular complexity index is 477. The maximum absolute atomic E-state index is 9.22. The minimum absolute atomic E-state index is 0.226. The summed E-state index contributed by atoms with van der Waals surface area (Å²) in [6, 6.07) is 4.46. The van der Waals surface area contributed by atoms with E-state index in [1.165, 1.54) is 15.8 Å². The molecule has 1 aromatic carbocycles. The first-order valence-electron chi connectivity index (χ1n) is 5.31. The number of rotatable bonds is 3. The first-order chi connectivity index (χ1) is 7.22. The maximum atomic E-state index is 9.22. The molecule has 1 N–H and O–H groups in total. The zero-order chi connectivity index (χ0) is 10.4. The van der Waals surface area contributed by atoms with Gasteiger partial charge in [-0.05, 0) is 43.0 Å². The van der Waals surface area contributed by atoms with Gasteiger partial charge >= 0.3 is 0 Å². The van der Waals surface area contributed by atoms with Gasteiger partial charge in [-0.2, -0.15) is 0 Å². The Morgan fingerprint density at radius 1 is 1.47 bits per heavy atom. The molecular formula is C12H13NOS. The summed E-state index contributed by atoms with van der Waals surface area (Å²) in [6.45, 7) is 1.83. The molecule has 0 bridgehead atoms. The highest BCUT2D eigenvalue weighted by atomic mass is 32.1. The number of fused-ring (bicyclic) bond motifs is 2. The number of nitrogens with zero attached hydrogens (tertiary/aromatic N) is 1. The second-order valence-electron chi connectivity index (χ2n) is 4.26. The molecule has 1 atom stereocenters. The van der Waals surface area contributed by atoms with Gasteiger partial charge in [0.25, 0.3) is 0 Å². The highest BCUT2D eigenvalue weighted by molar-refractivity contribution is 7.18. The molecule has 1 unspecified atom stereocenters. The van der Waals surface area contributed by atoms with Gasteiger partial charge in [0.1, 0.15) is 0 Å². The largest absolute Gasteiger partial charge is 0.393 e. The van der Waals surface area contributed by atoms with Crippen LogP contribution in [0.2, 0.25) is 0 Å². The van der Waals surface area contributed by atoms with Crippen LogP contribution in [0, 0.1) is 0 Å². The maximum Gasteiger partial charge on any atom is 0.0939 e. The number of hydrogen-bond donors (Lipinski definition) is 1. The van der Waals surface area contributed by atoms with Crippen LogP contribution in [-0.2, 0) is 12.8 Å². The Morgan fingerprint density at radius 2 is 2.27 bits per heavy atom. The molecule has 1 aromatic heterocycles. The van der Waals surface area contributed by atoms with E-state index < -0.39 is 0 Å². The van der Waals surface area contributed by atoms with Gasteiger partial charge in [0, 0.05) is 6.42 Å². The third-order valence-corrected chi connectivity index (χ3v) is 3.86. The molecule has 0 radical (unpaired) electrons. The van der Waals surface area contributed by atoms with Crippen molar-refractivity contribution in [2.45, 2.75) is 32.3 Å². The summed E-state index contributed by atoms with van der Waals surface area (Å²) in [6.07, 6.45) is 2.63. The van der Waals surface area contributed by atoms with Crippen LogP contribution in [0.25, 0.3) is 10.2 Å². The molecule has 2 nitrogen and oxygen atoms in total. The third kappa shape index (κ3) is 1.77. The molecule has 15 heavy (non-hydrogen) atoms. The van der Waals surface area contributed by atoms with E-state index >= 15 is 0 Å². The molecule has 2 aromatic rings. The van der Waals surface area contributed by atoms with Crippen LogP contribution in [0.1, 0.15) is 29.5 Å². The van der Waals surface area contributed by atoms with Gasteiger partial charge in [-0.15, -0.1) is 11.3 Å². The minimum Gasteiger partial charge on any atom is -0.393 e. The normalized spacial score (nSPS) is 15.3. The Kier molecular flexibility index (Phi) is 2.04. The van der Waals surface area contributed by atoms with Crippen LogP contribution >= 0.6 is 11.3 Å². The van der Waals surface area contributed by atoms with Crippen molar-refractivity contribution in [3.8, 4) is 0 Å². The lowest BCUT2D eigenvalue weighted by atomic mass is 10.2. The fourth-order valence-corrected chi connectivity index (χ4v) is 2.84.